The van der Waals surface area contributed by atoms with Gasteiger partial charge in [-0.1, -0.05) is 0 Å². The number of hydrogen-bond donors (Lipinski definition) is 2. The lowest BCUT2D eigenvalue weighted by Crippen LogP contribution is -2.55. The smallest absolute Gasteiger partial charge is 0.370 e. The Labute approximate surface area is 192 Å². The number of anilines is 2. The van der Waals surface area contributed by atoms with Gasteiger partial charge in [0.25, 0.3) is 5.56 Å². The first-order valence-corrected chi connectivity index (χ1v) is 11.1. The minimum atomic E-state index is -4.62. The maximum absolute atomic E-state index is 13.2. The number of fused-ring (bicyclic) bond motifs is 1. The molecule has 0 atom stereocenters. The van der Waals surface area contributed by atoms with Gasteiger partial charge in [-0.15, -0.1) is 0 Å². The molecule has 180 valence electrons. The molecular weight excluding hydrogens is 451 g/mol. The van der Waals surface area contributed by atoms with E-state index in [1.807, 2.05) is 6.07 Å². The highest BCUT2D eigenvalue weighted by Gasteiger charge is 2.45. The van der Waals surface area contributed by atoms with Gasteiger partial charge in [0.15, 0.2) is 5.65 Å². The van der Waals surface area contributed by atoms with Gasteiger partial charge in [0.2, 0.25) is 0 Å². The van der Waals surface area contributed by atoms with Crippen molar-refractivity contribution in [1.82, 2.24) is 24.6 Å². The fourth-order valence-corrected chi connectivity index (χ4v) is 5.09. The summed E-state index contributed by atoms with van der Waals surface area (Å²) in [5, 5.41) is 10.2. The summed E-state index contributed by atoms with van der Waals surface area (Å²) in [6.45, 7) is 1.91. The fourth-order valence-electron chi connectivity index (χ4n) is 5.09. The summed E-state index contributed by atoms with van der Waals surface area (Å²) in [5.74, 6) is 0. The Kier molecular flexibility index (Phi) is 5.25. The van der Waals surface area contributed by atoms with Gasteiger partial charge in [0, 0.05) is 43.8 Å². The Balaban J connectivity index is 1.32. The number of H-pyrrole nitrogens is 1. The molecule has 9 nitrogen and oxygen atoms in total. The van der Waals surface area contributed by atoms with Gasteiger partial charge in [-0.2, -0.15) is 18.3 Å². The molecule has 2 aliphatic heterocycles. The van der Waals surface area contributed by atoms with Gasteiger partial charge < -0.3 is 19.7 Å². The molecule has 2 aliphatic rings. The van der Waals surface area contributed by atoms with Crippen LogP contribution in [0.5, 0.6) is 0 Å². The molecule has 2 N–H and O–H groups in total. The number of piperidine rings is 1. The average molecular weight is 475 g/mol. The van der Waals surface area contributed by atoms with Crippen molar-refractivity contribution in [3.05, 3.63) is 46.6 Å². The van der Waals surface area contributed by atoms with Gasteiger partial charge >= 0.3 is 12.2 Å². The average Bonchev–Trinajstić information content (AvgIpc) is 3.43. The number of carbonyl (C=O) groups is 1. The van der Waals surface area contributed by atoms with Crippen LogP contribution >= 0.6 is 0 Å². The van der Waals surface area contributed by atoms with Crippen LogP contribution in [-0.4, -0.2) is 55.9 Å². The van der Waals surface area contributed by atoms with Crippen LogP contribution in [0.15, 0.2) is 35.5 Å². The molecule has 2 saturated heterocycles. The van der Waals surface area contributed by atoms with Gasteiger partial charge in [-0.3, -0.25) is 9.89 Å². The lowest BCUT2D eigenvalue weighted by atomic mass is 9.85. The Morgan fingerprint density at radius 2 is 1.91 bits per heavy atom. The summed E-state index contributed by atoms with van der Waals surface area (Å²) < 4.78 is 40.4. The van der Waals surface area contributed by atoms with Crippen LogP contribution in [-0.2, 0) is 13.2 Å². The normalized spacial score (nSPS) is 18.1. The number of amides is 2. The quantitative estimate of drug-likeness (QED) is 0.592. The maximum Gasteiger partial charge on any atom is 0.417 e. The Morgan fingerprint density at radius 1 is 1.15 bits per heavy atom. The molecule has 0 unspecified atom stereocenters. The number of nitrogens with zero attached hydrogens (tertiary/aromatic N) is 5. The lowest BCUT2D eigenvalue weighted by Gasteiger charge is -2.45. The summed E-state index contributed by atoms with van der Waals surface area (Å²) in [4.78, 5) is 33.8. The number of urea groups is 1. The molecule has 1 spiro atoms. The van der Waals surface area contributed by atoms with Gasteiger partial charge in [0.05, 0.1) is 23.6 Å². The number of carbonyl (C=O) groups excluding carboxylic acids is 1. The van der Waals surface area contributed by atoms with E-state index in [0.29, 0.717) is 38.5 Å². The van der Waals surface area contributed by atoms with Crippen molar-refractivity contribution in [3.8, 4) is 0 Å². The fraction of sp³-hybridized carbons (Fsp3) is 0.455. The molecule has 5 heterocycles. The van der Waals surface area contributed by atoms with Gasteiger partial charge in [-0.05, 0) is 37.8 Å². The second-order valence-electron chi connectivity index (χ2n) is 8.95. The summed E-state index contributed by atoms with van der Waals surface area (Å²) >= 11 is 0. The molecule has 0 saturated carbocycles. The van der Waals surface area contributed by atoms with E-state index in [1.165, 1.54) is 7.05 Å². The Hall–Kier alpha value is -3.57. The molecule has 12 heteroatoms. The Morgan fingerprint density at radius 3 is 2.65 bits per heavy atom. The predicted molar refractivity (Wildman–Crippen MR) is 120 cm³/mol. The first kappa shape index (κ1) is 22.2. The number of pyridine rings is 2. The monoisotopic (exact) mass is 475 g/mol. The van der Waals surface area contributed by atoms with E-state index in [2.05, 4.69) is 25.4 Å². The van der Waals surface area contributed by atoms with E-state index in [0.717, 1.165) is 40.3 Å². The molecule has 0 radical (unpaired) electrons. The number of halogens is 3. The highest BCUT2D eigenvalue weighted by molar-refractivity contribution is 5.90. The number of rotatable bonds is 2. The standard InChI is InChI=1S/C22H24F3N7O2/c1-30-13-15(22(23,24)25)10-17(19(30)33)28-20(34)32-6-2-3-21(32)4-7-31(8-5-21)16-9-14-11-27-29-18(14)26-12-16/h9-13H,2-8H2,1H3,(H,28,34)(H,26,27,29). The number of aryl methyl sites for hydroxylation is 1. The second kappa shape index (κ2) is 8.03. The highest BCUT2D eigenvalue weighted by Crippen LogP contribution is 2.40. The van der Waals surface area contributed by atoms with Crippen LogP contribution in [0.2, 0.25) is 0 Å². The van der Waals surface area contributed by atoms with E-state index >= 15 is 0 Å². The zero-order chi connectivity index (χ0) is 24.1. The molecule has 34 heavy (non-hydrogen) atoms. The molecule has 3 aromatic rings. The third kappa shape index (κ3) is 3.86. The number of likely N-dealkylation sites (tertiary alicyclic amines) is 1. The van der Waals surface area contributed by atoms with Gasteiger partial charge in [0.1, 0.15) is 5.69 Å². The van der Waals surface area contributed by atoms with Crippen LogP contribution in [0.4, 0.5) is 29.3 Å². The minimum absolute atomic E-state index is 0.374. The van der Waals surface area contributed by atoms with Crippen molar-refractivity contribution in [2.75, 3.05) is 29.9 Å². The number of aromatic nitrogens is 4. The summed E-state index contributed by atoms with van der Waals surface area (Å²) in [7, 11) is 1.23. The SMILES string of the molecule is Cn1cc(C(F)(F)F)cc(NC(=O)N2CCCC23CCN(c2cnc4[nH]ncc4c2)CC3)c1=O. The number of alkyl halides is 3. The van der Waals surface area contributed by atoms with Crippen molar-refractivity contribution < 1.29 is 18.0 Å². The van der Waals surface area contributed by atoms with E-state index in [-0.39, 0.29) is 11.2 Å². The zero-order valence-electron chi connectivity index (χ0n) is 18.5. The zero-order valence-corrected chi connectivity index (χ0v) is 18.5. The summed E-state index contributed by atoms with van der Waals surface area (Å²) in [6, 6.07) is 2.18. The largest absolute Gasteiger partial charge is 0.417 e. The van der Waals surface area contributed by atoms with E-state index in [4.69, 9.17) is 0 Å². The van der Waals surface area contributed by atoms with E-state index < -0.39 is 23.3 Å². The molecule has 0 aliphatic carbocycles. The summed E-state index contributed by atoms with van der Waals surface area (Å²) in [6.07, 6.45) is 2.65. The molecule has 2 fully saturated rings. The molecule has 5 rings (SSSR count). The topological polar surface area (TPSA) is 99.2 Å². The molecule has 0 aromatic carbocycles. The van der Waals surface area contributed by atoms with E-state index in [9.17, 15) is 22.8 Å². The van der Waals surface area contributed by atoms with Crippen LogP contribution in [0, 0.1) is 0 Å². The van der Waals surface area contributed by atoms with Crippen molar-refractivity contribution in [3.63, 3.8) is 0 Å². The first-order valence-electron chi connectivity index (χ1n) is 11.1. The molecule has 2 amide bonds. The number of aromatic amines is 1. The predicted octanol–water partition coefficient (Wildman–Crippen LogP) is 3.34. The van der Waals surface area contributed by atoms with Gasteiger partial charge in [-0.25, -0.2) is 9.78 Å². The van der Waals surface area contributed by atoms with Crippen molar-refractivity contribution >= 4 is 28.4 Å². The lowest BCUT2D eigenvalue weighted by molar-refractivity contribution is -0.138. The van der Waals surface area contributed by atoms with Crippen LogP contribution in [0.1, 0.15) is 31.2 Å². The third-order valence-corrected chi connectivity index (χ3v) is 6.93. The Bertz CT molecular complexity index is 1290. The highest BCUT2D eigenvalue weighted by atomic mass is 19.4. The van der Waals surface area contributed by atoms with Crippen LogP contribution in [0.3, 0.4) is 0 Å². The number of nitrogens with one attached hydrogen (secondary N) is 2. The molecule has 3 aromatic heterocycles. The maximum atomic E-state index is 13.2. The summed E-state index contributed by atoms with van der Waals surface area (Å²) in [5.41, 5.74) is -0.743. The molecule has 0 bridgehead atoms. The second-order valence-corrected chi connectivity index (χ2v) is 8.95. The molecular formula is C22H24F3N7O2. The van der Waals surface area contributed by atoms with Crippen molar-refractivity contribution in [1.29, 1.82) is 0 Å². The third-order valence-electron chi connectivity index (χ3n) is 6.93. The van der Waals surface area contributed by atoms with Crippen LogP contribution < -0.4 is 15.8 Å². The minimum Gasteiger partial charge on any atom is -0.370 e. The van der Waals surface area contributed by atoms with E-state index in [1.54, 1.807) is 17.3 Å². The first-order chi connectivity index (χ1) is 16.2. The van der Waals surface area contributed by atoms with Crippen molar-refractivity contribution in [2.24, 2.45) is 7.05 Å². The van der Waals surface area contributed by atoms with Crippen LogP contribution in [0.25, 0.3) is 11.0 Å². The number of hydrogen-bond acceptors (Lipinski definition) is 5. The van der Waals surface area contributed by atoms with Crippen molar-refractivity contribution in [2.45, 2.75) is 37.4 Å².